The van der Waals surface area contributed by atoms with Gasteiger partial charge in [0.25, 0.3) is 0 Å². The van der Waals surface area contributed by atoms with Gasteiger partial charge in [-0.15, -0.1) is 0 Å². The van der Waals surface area contributed by atoms with Gasteiger partial charge in [0.1, 0.15) is 18.2 Å². The quantitative estimate of drug-likeness (QED) is 0.759. The molecule has 5 heteroatoms. The molecule has 0 fully saturated rings. The maximum atomic E-state index is 13.0. The van der Waals surface area contributed by atoms with Gasteiger partial charge in [0.2, 0.25) is 0 Å². The molecule has 1 aromatic carbocycles. The average Bonchev–Trinajstić information content (AvgIpc) is 2.50. The minimum atomic E-state index is -0.354. The lowest BCUT2D eigenvalue weighted by Gasteiger charge is -2.09. The number of hydrogen-bond acceptors (Lipinski definition) is 4. The van der Waals surface area contributed by atoms with Crippen LogP contribution in [0, 0.1) is 5.82 Å². The van der Waals surface area contributed by atoms with Crippen LogP contribution in [0.4, 0.5) is 4.39 Å². The van der Waals surface area contributed by atoms with E-state index < -0.39 is 0 Å². The van der Waals surface area contributed by atoms with Gasteiger partial charge in [-0.2, -0.15) is 0 Å². The number of rotatable bonds is 8. The highest BCUT2D eigenvalue weighted by molar-refractivity contribution is 5.28. The van der Waals surface area contributed by atoms with Gasteiger partial charge >= 0.3 is 0 Å². The van der Waals surface area contributed by atoms with Gasteiger partial charge in [-0.05, 0) is 23.8 Å². The third kappa shape index (κ3) is 5.49. The van der Waals surface area contributed by atoms with Crippen LogP contribution in [0.3, 0.4) is 0 Å². The number of nitrogens with zero attached hydrogens (tertiary/aromatic N) is 1. The number of pyridine rings is 1. The molecule has 1 heterocycles. The fourth-order valence-corrected chi connectivity index (χ4v) is 1.85. The lowest BCUT2D eigenvalue weighted by atomic mass is 10.2. The van der Waals surface area contributed by atoms with Crippen LogP contribution in [-0.2, 0) is 17.9 Å². The molecule has 0 aliphatic heterocycles. The summed E-state index contributed by atoms with van der Waals surface area (Å²) in [6.07, 6.45) is 2.77. The summed E-state index contributed by atoms with van der Waals surface area (Å²) in [4.78, 5) is 3.80. The first-order valence-electron chi connectivity index (χ1n) is 6.79. The van der Waals surface area contributed by atoms with E-state index in [-0.39, 0.29) is 5.82 Å². The van der Waals surface area contributed by atoms with Crippen molar-refractivity contribution in [3.05, 3.63) is 59.7 Å². The molecule has 0 spiro atoms. The van der Waals surface area contributed by atoms with Crippen LogP contribution >= 0.6 is 0 Å². The Morgan fingerprint density at radius 1 is 1.19 bits per heavy atom. The van der Waals surface area contributed by atoms with E-state index in [4.69, 9.17) is 9.47 Å². The van der Waals surface area contributed by atoms with Gasteiger partial charge in [0, 0.05) is 32.0 Å². The van der Waals surface area contributed by atoms with Crippen molar-refractivity contribution in [1.29, 1.82) is 0 Å². The first-order chi connectivity index (χ1) is 10.3. The van der Waals surface area contributed by atoms with Gasteiger partial charge < -0.3 is 14.8 Å². The standard InChI is InChI=1S/C16H19FN2O2/c1-20-6-5-18-9-13-3-2-4-16(8-13)21-12-14-7-15(17)11-19-10-14/h2-4,7-8,10-11,18H,5-6,9,12H2,1H3. The van der Waals surface area contributed by atoms with E-state index in [9.17, 15) is 4.39 Å². The molecule has 0 saturated heterocycles. The van der Waals surface area contributed by atoms with Crippen molar-refractivity contribution in [2.24, 2.45) is 0 Å². The Balaban J connectivity index is 1.86. The second kappa shape index (κ2) is 8.34. The minimum Gasteiger partial charge on any atom is -0.489 e. The first kappa shape index (κ1) is 15.4. The average molecular weight is 290 g/mol. The molecule has 1 N–H and O–H groups in total. The van der Waals surface area contributed by atoms with Gasteiger partial charge in [0.15, 0.2) is 0 Å². The van der Waals surface area contributed by atoms with Crippen LogP contribution in [0.1, 0.15) is 11.1 Å². The van der Waals surface area contributed by atoms with E-state index in [1.54, 1.807) is 13.3 Å². The van der Waals surface area contributed by atoms with E-state index in [1.807, 2.05) is 24.3 Å². The molecule has 112 valence electrons. The number of halogens is 1. The summed E-state index contributed by atoms with van der Waals surface area (Å²) in [5.41, 5.74) is 1.83. The third-order valence-electron chi connectivity index (χ3n) is 2.88. The molecule has 0 amide bonds. The molecule has 21 heavy (non-hydrogen) atoms. The zero-order chi connectivity index (χ0) is 14.9. The SMILES string of the molecule is COCCNCc1cccc(OCc2cncc(F)c2)c1. The fourth-order valence-electron chi connectivity index (χ4n) is 1.85. The van der Waals surface area contributed by atoms with Crippen molar-refractivity contribution in [3.8, 4) is 5.75 Å². The molecule has 2 aromatic rings. The Kier molecular flexibility index (Phi) is 6.12. The molecular formula is C16H19FN2O2. The molecular weight excluding hydrogens is 271 g/mol. The van der Waals surface area contributed by atoms with Gasteiger partial charge in [-0.25, -0.2) is 4.39 Å². The Morgan fingerprint density at radius 2 is 2.10 bits per heavy atom. The van der Waals surface area contributed by atoms with Crippen LogP contribution in [0.25, 0.3) is 0 Å². The van der Waals surface area contributed by atoms with E-state index in [1.165, 1.54) is 12.3 Å². The van der Waals surface area contributed by atoms with Gasteiger partial charge in [-0.1, -0.05) is 12.1 Å². The Bertz CT molecular complexity index is 563. The molecule has 0 aliphatic carbocycles. The lowest BCUT2D eigenvalue weighted by Crippen LogP contribution is -2.18. The number of nitrogens with one attached hydrogen (secondary N) is 1. The smallest absolute Gasteiger partial charge is 0.141 e. The first-order valence-corrected chi connectivity index (χ1v) is 6.79. The molecule has 0 aliphatic rings. The van der Waals surface area contributed by atoms with E-state index in [2.05, 4.69) is 10.3 Å². The topological polar surface area (TPSA) is 43.4 Å². The van der Waals surface area contributed by atoms with Crippen LogP contribution in [0.2, 0.25) is 0 Å². The van der Waals surface area contributed by atoms with Crippen molar-refractivity contribution < 1.29 is 13.9 Å². The van der Waals surface area contributed by atoms with Crippen LogP contribution in [-0.4, -0.2) is 25.2 Å². The number of ether oxygens (including phenoxy) is 2. The molecule has 2 rings (SSSR count). The number of hydrogen-bond donors (Lipinski definition) is 1. The second-order valence-electron chi connectivity index (χ2n) is 4.62. The predicted molar refractivity (Wildman–Crippen MR) is 78.6 cm³/mol. The molecule has 0 bridgehead atoms. The van der Waals surface area contributed by atoms with Gasteiger partial charge in [-0.3, -0.25) is 4.98 Å². The summed E-state index contributed by atoms with van der Waals surface area (Å²) in [7, 11) is 1.68. The predicted octanol–water partition coefficient (Wildman–Crippen LogP) is 2.54. The maximum absolute atomic E-state index is 13.0. The lowest BCUT2D eigenvalue weighted by molar-refractivity contribution is 0.199. The van der Waals surface area contributed by atoms with Crippen molar-refractivity contribution in [3.63, 3.8) is 0 Å². The van der Waals surface area contributed by atoms with Crippen molar-refractivity contribution >= 4 is 0 Å². The minimum absolute atomic E-state index is 0.297. The summed E-state index contributed by atoms with van der Waals surface area (Å²) < 4.78 is 23.7. The third-order valence-corrected chi connectivity index (χ3v) is 2.88. The Hall–Kier alpha value is -1.98. The normalized spacial score (nSPS) is 10.6. The zero-order valence-electron chi connectivity index (χ0n) is 12.0. The van der Waals surface area contributed by atoms with E-state index >= 15 is 0 Å². The molecule has 4 nitrogen and oxygen atoms in total. The van der Waals surface area contributed by atoms with Crippen molar-refractivity contribution in [1.82, 2.24) is 10.3 Å². The van der Waals surface area contributed by atoms with E-state index in [0.29, 0.717) is 18.8 Å². The molecule has 0 unspecified atom stereocenters. The highest BCUT2D eigenvalue weighted by Gasteiger charge is 2.00. The number of aromatic nitrogens is 1. The van der Waals surface area contributed by atoms with Crippen LogP contribution < -0.4 is 10.1 Å². The summed E-state index contributed by atoms with van der Waals surface area (Å²) in [6, 6.07) is 9.23. The number of methoxy groups -OCH3 is 1. The molecule has 0 atom stereocenters. The fraction of sp³-hybridized carbons (Fsp3) is 0.312. The molecule has 0 radical (unpaired) electrons. The highest BCUT2D eigenvalue weighted by Crippen LogP contribution is 2.15. The maximum Gasteiger partial charge on any atom is 0.141 e. The Morgan fingerprint density at radius 3 is 2.90 bits per heavy atom. The van der Waals surface area contributed by atoms with E-state index in [0.717, 1.165) is 24.4 Å². The molecule has 0 saturated carbocycles. The van der Waals surface area contributed by atoms with Crippen molar-refractivity contribution in [2.75, 3.05) is 20.3 Å². The van der Waals surface area contributed by atoms with Crippen LogP contribution in [0.5, 0.6) is 5.75 Å². The second-order valence-corrected chi connectivity index (χ2v) is 4.62. The van der Waals surface area contributed by atoms with Crippen LogP contribution in [0.15, 0.2) is 42.7 Å². The number of benzene rings is 1. The zero-order valence-corrected chi connectivity index (χ0v) is 12.0. The Labute approximate surface area is 123 Å². The summed E-state index contributed by atoms with van der Waals surface area (Å²) >= 11 is 0. The largest absolute Gasteiger partial charge is 0.489 e. The highest BCUT2D eigenvalue weighted by atomic mass is 19.1. The molecule has 1 aromatic heterocycles. The van der Waals surface area contributed by atoms with Gasteiger partial charge in [0.05, 0.1) is 12.8 Å². The van der Waals surface area contributed by atoms with Crippen molar-refractivity contribution in [2.45, 2.75) is 13.2 Å². The summed E-state index contributed by atoms with van der Waals surface area (Å²) in [6.45, 7) is 2.53. The summed E-state index contributed by atoms with van der Waals surface area (Å²) in [5.74, 6) is 0.400. The monoisotopic (exact) mass is 290 g/mol. The summed E-state index contributed by atoms with van der Waals surface area (Å²) in [5, 5.41) is 3.27.